The number of amides is 1. The SMILES string of the molecule is CCCC(=O)Nc1ccc(C(=O)CSc2nnnn2Cc2ccccc2)cc1. The molecule has 1 N–H and O–H groups in total. The molecule has 1 amide bonds. The minimum Gasteiger partial charge on any atom is -0.326 e. The molecule has 1 aromatic heterocycles. The summed E-state index contributed by atoms with van der Waals surface area (Å²) in [5, 5.41) is 15.1. The average molecular weight is 395 g/mol. The third-order valence-electron chi connectivity index (χ3n) is 3.97. The second kappa shape index (κ2) is 9.80. The number of ketones is 1. The zero-order valence-electron chi connectivity index (χ0n) is 15.5. The Bertz CT molecular complexity index is 925. The smallest absolute Gasteiger partial charge is 0.224 e. The van der Waals surface area contributed by atoms with Gasteiger partial charge >= 0.3 is 0 Å². The summed E-state index contributed by atoms with van der Waals surface area (Å²) in [6.07, 6.45) is 1.28. The second-order valence-corrected chi connectivity index (χ2v) is 7.13. The molecule has 28 heavy (non-hydrogen) atoms. The average Bonchev–Trinajstić information content (AvgIpc) is 3.14. The van der Waals surface area contributed by atoms with Gasteiger partial charge in [0.1, 0.15) is 0 Å². The monoisotopic (exact) mass is 395 g/mol. The topological polar surface area (TPSA) is 89.8 Å². The summed E-state index contributed by atoms with van der Waals surface area (Å²) in [7, 11) is 0. The van der Waals surface area contributed by atoms with Crippen LogP contribution < -0.4 is 5.32 Å². The number of tetrazole rings is 1. The lowest BCUT2D eigenvalue weighted by atomic mass is 10.1. The second-order valence-electron chi connectivity index (χ2n) is 6.19. The number of hydrogen-bond donors (Lipinski definition) is 1. The minimum absolute atomic E-state index is 0.0225. The molecular formula is C20H21N5O2S. The molecule has 3 aromatic rings. The van der Waals surface area contributed by atoms with Crippen LogP contribution in [0.5, 0.6) is 0 Å². The number of nitrogens with zero attached hydrogens (tertiary/aromatic N) is 4. The minimum atomic E-state index is -0.0256. The van der Waals surface area contributed by atoms with Crippen LogP contribution in [0.15, 0.2) is 59.8 Å². The summed E-state index contributed by atoms with van der Waals surface area (Å²) in [5.74, 6) is 0.185. The van der Waals surface area contributed by atoms with Crippen molar-refractivity contribution in [2.45, 2.75) is 31.5 Å². The van der Waals surface area contributed by atoms with E-state index < -0.39 is 0 Å². The largest absolute Gasteiger partial charge is 0.326 e. The maximum Gasteiger partial charge on any atom is 0.224 e. The maximum atomic E-state index is 12.5. The highest BCUT2D eigenvalue weighted by atomic mass is 32.2. The Kier molecular flexibility index (Phi) is 6.91. The van der Waals surface area contributed by atoms with Crippen molar-refractivity contribution < 1.29 is 9.59 Å². The molecule has 2 aromatic carbocycles. The van der Waals surface area contributed by atoms with Gasteiger partial charge < -0.3 is 5.32 Å². The first-order chi connectivity index (χ1) is 13.7. The highest BCUT2D eigenvalue weighted by Crippen LogP contribution is 2.18. The van der Waals surface area contributed by atoms with E-state index >= 15 is 0 Å². The Morgan fingerprint density at radius 1 is 1.07 bits per heavy atom. The van der Waals surface area contributed by atoms with Crippen LogP contribution in [0.3, 0.4) is 0 Å². The molecule has 0 aliphatic rings. The third kappa shape index (κ3) is 5.50. The number of hydrogen-bond acceptors (Lipinski definition) is 6. The van der Waals surface area contributed by atoms with E-state index in [1.807, 2.05) is 37.3 Å². The summed E-state index contributed by atoms with van der Waals surface area (Å²) in [6, 6.07) is 16.8. The van der Waals surface area contributed by atoms with Crippen LogP contribution in [0.4, 0.5) is 5.69 Å². The van der Waals surface area contributed by atoms with E-state index in [1.165, 1.54) is 11.8 Å². The number of Topliss-reactive ketones (excluding diaryl/α,β-unsaturated/α-hetero) is 1. The fourth-order valence-corrected chi connectivity index (χ4v) is 3.33. The van der Waals surface area contributed by atoms with Crippen LogP contribution >= 0.6 is 11.8 Å². The Balaban J connectivity index is 1.56. The molecular weight excluding hydrogens is 374 g/mol. The summed E-state index contributed by atoms with van der Waals surface area (Å²) >= 11 is 1.30. The molecule has 7 nitrogen and oxygen atoms in total. The van der Waals surface area contributed by atoms with Crippen LogP contribution in [-0.4, -0.2) is 37.7 Å². The molecule has 0 saturated heterocycles. The van der Waals surface area contributed by atoms with Crippen molar-refractivity contribution >= 4 is 29.1 Å². The number of benzene rings is 2. The van der Waals surface area contributed by atoms with E-state index in [9.17, 15) is 9.59 Å². The van der Waals surface area contributed by atoms with Gasteiger partial charge in [-0.3, -0.25) is 9.59 Å². The van der Waals surface area contributed by atoms with Crippen molar-refractivity contribution in [3.8, 4) is 0 Å². The molecule has 8 heteroatoms. The lowest BCUT2D eigenvalue weighted by Gasteiger charge is -2.06. The van der Waals surface area contributed by atoms with E-state index in [-0.39, 0.29) is 17.4 Å². The van der Waals surface area contributed by atoms with E-state index in [2.05, 4.69) is 20.8 Å². The van der Waals surface area contributed by atoms with Crippen molar-refractivity contribution in [2.75, 3.05) is 11.1 Å². The van der Waals surface area contributed by atoms with Crippen LogP contribution in [-0.2, 0) is 11.3 Å². The van der Waals surface area contributed by atoms with Gasteiger partial charge in [0.05, 0.1) is 12.3 Å². The molecule has 0 bridgehead atoms. The molecule has 1 heterocycles. The molecule has 0 aliphatic carbocycles. The van der Waals surface area contributed by atoms with Crippen molar-refractivity contribution in [3.63, 3.8) is 0 Å². The summed E-state index contributed by atoms with van der Waals surface area (Å²) in [5.41, 5.74) is 2.36. The van der Waals surface area contributed by atoms with Gasteiger partial charge in [-0.2, -0.15) is 0 Å². The number of aromatic nitrogens is 4. The van der Waals surface area contributed by atoms with E-state index in [4.69, 9.17) is 0 Å². The molecule has 0 fully saturated rings. The molecule has 3 rings (SSSR count). The van der Waals surface area contributed by atoms with Gasteiger partial charge in [0, 0.05) is 17.7 Å². The molecule has 0 radical (unpaired) electrons. The van der Waals surface area contributed by atoms with Gasteiger partial charge in [-0.1, -0.05) is 49.0 Å². The van der Waals surface area contributed by atoms with Gasteiger partial charge in [-0.05, 0) is 46.7 Å². The van der Waals surface area contributed by atoms with Gasteiger partial charge in [-0.25, -0.2) is 4.68 Å². The number of carbonyl (C=O) groups excluding carboxylic acids is 2. The first kappa shape index (κ1) is 19.8. The number of thioether (sulfide) groups is 1. The number of rotatable bonds is 9. The first-order valence-corrected chi connectivity index (χ1v) is 10.00. The molecule has 0 unspecified atom stereocenters. The normalized spacial score (nSPS) is 10.6. The standard InChI is InChI=1S/C20H21N5O2S/c1-2-6-19(27)21-17-11-9-16(10-12-17)18(26)14-28-20-22-23-24-25(20)13-15-7-4-3-5-8-15/h3-5,7-12H,2,6,13-14H2,1H3,(H,21,27). The van der Waals surface area contributed by atoms with E-state index in [0.717, 1.165) is 12.0 Å². The van der Waals surface area contributed by atoms with Gasteiger partial charge in [0.15, 0.2) is 5.78 Å². The molecule has 0 spiro atoms. The van der Waals surface area contributed by atoms with Crippen LogP contribution in [0.25, 0.3) is 0 Å². The van der Waals surface area contributed by atoms with Crippen LogP contribution in [0.2, 0.25) is 0 Å². The lowest BCUT2D eigenvalue weighted by molar-refractivity contribution is -0.116. The summed E-state index contributed by atoms with van der Waals surface area (Å²) < 4.78 is 1.68. The number of anilines is 1. The van der Waals surface area contributed by atoms with Gasteiger partial charge in [0.2, 0.25) is 11.1 Å². The zero-order chi connectivity index (χ0) is 19.8. The molecule has 0 atom stereocenters. The Morgan fingerprint density at radius 2 is 1.82 bits per heavy atom. The first-order valence-electron chi connectivity index (χ1n) is 9.01. The zero-order valence-corrected chi connectivity index (χ0v) is 16.4. The van der Waals surface area contributed by atoms with Crippen LogP contribution in [0.1, 0.15) is 35.7 Å². The maximum absolute atomic E-state index is 12.5. The van der Waals surface area contributed by atoms with Crippen molar-refractivity contribution in [1.82, 2.24) is 20.2 Å². The fraction of sp³-hybridized carbons (Fsp3) is 0.250. The third-order valence-corrected chi connectivity index (χ3v) is 4.93. The van der Waals surface area contributed by atoms with Crippen molar-refractivity contribution in [3.05, 3.63) is 65.7 Å². The molecule has 0 aliphatic heterocycles. The fourth-order valence-electron chi connectivity index (χ4n) is 2.56. The van der Waals surface area contributed by atoms with Crippen LogP contribution in [0, 0.1) is 0 Å². The Labute approximate surface area is 167 Å². The molecule has 0 saturated carbocycles. The Hall–Kier alpha value is -3.00. The van der Waals surface area contributed by atoms with Gasteiger partial charge in [0.25, 0.3) is 0 Å². The van der Waals surface area contributed by atoms with Gasteiger partial charge in [-0.15, -0.1) is 5.10 Å². The van der Waals surface area contributed by atoms with E-state index in [0.29, 0.717) is 29.4 Å². The summed E-state index contributed by atoms with van der Waals surface area (Å²) in [4.78, 5) is 24.1. The van der Waals surface area contributed by atoms with Crippen molar-refractivity contribution in [2.24, 2.45) is 0 Å². The lowest BCUT2D eigenvalue weighted by Crippen LogP contribution is -2.11. The summed E-state index contributed by atoms with van der Waals surface area (Å²) in [6.45, 7) is 2.51. The predicted octanol–water partition coefficient (Wildman–Crippen LogP) is 3.44. The highest BCUT2D eigenvalue weighted by Gasteiger charge is 2.12. The van der Waals surface area contributed by atoms with E-state index in [1.54, 1.807) is 28.9 Å². The van der Waals surface area contributed by atoms with Crippen molar-refractivity contribution in [1.29, 1.82) is 0 Å². The molecule has 144 valence electrons. The predicted molar refractivity (Wildman–Crippen MR) is 108 cm³/mol. The Morgan fingerprint density at radius 3 is 2.54 bits per heavy atom. The number of nitrogens with one attached hydrogen (secondary N) is 1. The highest BCUT2D eigenvalue weighted by molar-refractivity contribution is 7.99. The quantitative estimate of drug-likeness (QED) is 0.441. The number of carbonyl (C=O) groups is 2.